The SMILES string of the molecule is CCC(=O)C1CCC=C2C1c1ccc(O)cc1OC2(C)C. The Morgan fingerprint density at radius 1 is 1.43 bits per heavy atom. The number of phenolic OH excluding ortho intramolecular Hbond substituents is 1. The van der Waals surface area contributed by atoms with Crippen LogP contribution < -0.4 is 4.74 Å². The van der Waals surface area contributed by atoms with Crippen LogP contribution in [-0.2, 0) is 4.79 Å². The van der Waals surface area contributed by atoms with Crippen LogP contribution >= 0.6 is 0 Å². The molecule has 1 aliphatic carbocycles. The molecule has 1 aromatic rings. The quantitative estimate of drug-likeness (QED) is 0.837. The summed E-state index contributed by atoms with van der Waals surface area (Å²) in [5, 5.41) is 9.71. The summed E-state index contributed by atoms with van der Waals surface area (Å²) in [5.74, 6) is 1.35. The molecule has 2 atom stereocenters. The number of ether oxygens (including phenoxy) is 1. The normalized spacial score (nSPS) is 26.1. The van der Waals surface area contributed by atoms with Crippen molar-refractivity contribution in [1.29, 1.82) is 0 Å². The second-order valence-electron chi connectivity index (χ2n) is 6.48. The van der Waals surface area contributed by atoms with E-state index in [1.807, 2.05) is 26.8 Å². The molecule has 0 bridgehead atoms. The first-order chi connectivity index (χ1) is 9.94. The van der Waals surface area contributed by atoms with Crippen LogP contribution in [0.15, 0.2) is 29.8 Å². The third-order valence-electron chi connectivity index (χ3n) is 4.73. The van der Waals surface area contributed by atoms with Gasteiger partial charge < -0.3 is 9.84 Å². The second-order valence-corrected chi connectivity index (χ2v) is 6.48. The molecular weight excluding hydrogens is 264 g/mol. The van der Waals surface area contributed by atoms with Gasteiger partial charge in [0.2, 0.25) is 0 Å². The van der Waals surface area contributed by atoms with Gasteiger partial charge in [-0.05, 0) is 38.3 Å². The summed E-state index contributed by atoms with van der Waals surface area (Å²) >= 11 is 0. The van der Waals surface area contributed by atoms with Crippen LogP contribution in [0.5, 0.6) is 11.5 Å². The lowest BCUT2D eigenvalue weighted by molar-refractivity contribution is -0.123. The molecule has 0 amide bonds. The van der Waals surface area contributed by atoms with Gasteiger partial charge in [-0.2, -0.15) is 0 Å². The minimum absolute atomic E-state index is 0.0291. The summed E-state index contributed by atoms with van der Waals surface area (Å²) in [7, 11) is 0. The lowest BCUT2D eigenvalue weighted by atomic mass is 9.66. The first kappa shape index (κ1) is 14.2. The molecule has 0 radical (unpaired) electrons. The maximum Gasteiger partial charge on any atom is 0.136 e. The van der Waals surface area contributed by atoms with E-state index in [-0.39, 0.29) is 17.6 Å². The molecule has 0 fully saturated rings. The zero-order chi connectivity index (χ0) is 15.2. The van der Waals surface area contributed by atoms with E-state index in [4.69, 9.17) is 4.74 Å². The topological polar surface area (TPSA) is 46.5 Å². The number of carbonyl (C=O) groups is 1. The highest BCUT2D eigenvalue weighted by atomic mass is 16.5. The van der Waals surface area contributed by atoms with Crippen molar-refractivity contribution in [1.82, 2.24) is 0 Å². The maximum absolute atomic E-state index is 12.4. The van der Waals surface area contributed by atoms with E-state index in [1.165, 1.54) is 5.57 Å². The zero-order valence-electron chi connectivity index (χ0n) is 12.8. The molecule has 0 saturated carbocycles. The smallest absolute Gasteiger partial charge is 0.136 e. The van der Waals surface area contributed by atoms with Crippen molar-refractivity contribution in [3.63, 3.8) is 0 Å². The van der Waals surface area contributed by atoms with E-state index >= 15 is 0 Å². The van der Waals surface area contributed by atoms with Crippen LogP contribution in [0.1, 0.15) is 51.5 Å². The number of hydrogen-bond donors (Lipinski definition) is 1. The standard InChI is InChI=1S/C18H22O3/c1-4-15(20)12-6-5-7-14-17(12)13-9-8-11(19)10-16(13)21-18(14,2)3/h7-10,12,17,19H,4-6H2,1-3H3. The highest BCUT2D eigenvalue weighted by Gasteiger charge is 2.45. The van der Waals surface area contributed by atoms with Crippen LogP contribution in [-0.4, -0.2) is 16.5 Å². The summed E-state index contributed by atoms with van der Waals surface area (Å²) in [6.07, 6.45) is 4.64. The number of rotatable bonds is 2. The Bertz CT molecular complexity index is 613. The Balaban J connectivity index is 2.16. The van der Waals surface area contributed by atoms with Crippen LogP contribution in [0, 0.1) is 5.92 Å². The summed E-state index contributed by atoms with van der Waals surface area (Å²) < 4.78 is 6.09. The molecule has 3 rings (SSSR count). The number of aromatic hydroxyl groups is 1. The third-order valence-corrected chi connectivity index (χ3v) is 4.73. The predicted molar refractivity (Wildman–Crippen MR) is 81.7 cm³/mol. The molecular formula is C18H22O3. The summed E-state index contributed by atoms with van der Waals surface area (Å²) in [5.41, 5.74) is 1.81. The summed E-state index contributed by atoms with van der Waals surface area (Å²) in [6.45, 7) is 6.01. The largest absolute Gasteiger partial charge is 0.508 e. The van der Waals surface area contributed by atoms with Crippen molar-refractivity contribution in [3.8, 4) is 11.5 Å². The fraction of sp³-hybridized carbons (Fsp3) is 0.500. The predicted octanol–water partition coefficient (Wildman–Crippen LogP) is 3.96. The van der Waals surface area contributed by atoms with Gasteiger partial charge in [0.1, 0.15) is 22.9 Å². The van der Waals surface area contributed by atoms with Crippen LogP contribution in [0.2, 0.25) is 0 Å². The monoisotopic (exact) mass is 286 g/mol. The number of allylic oxidation sites excluding steroid dienone is 1. The molecule has 1 N–H and O–H groups in total. The summed E-state index contributed by atoms with van der Waals surface area (Å²) in [6, 6.07) is 5.25. The highest BCUT2D eigenvalue weighted by molar-refractivity contribution is 5.83. The maximum atomic E-state index is 12.4. The van der Waals surface area contributed by atoms with Gasteiger partial charge in [-0.3, -0.25) is 4.79 Å². The molecule has 2 unspecified atom stereocenters. The minimum atomic E-state index is -0.432. The molecule has 1 aliphatic heterocycles. The van der Waals surface area contributed by atoms with E-state index in [2.05, 4.69) is 6.08 Å². The van der Waals surface area contributed by atoms with Crippen molar-refractivity contribution in [2.75, 3.05) is 0 Å². The van der Waals surface area contributed by atoms with Crippen molar-refractivity contribution in [2.45, 2.75) is 51.6 Å². The molecule has 1 heterocycles. The van der Waals surface area contributed by atoms with Gasteiger partial charge in [-0.25, -0.2) is 0 Å². The van der Waals surface area contributed by atoms with Crippen molar-refractivity contribution in [2.24, 2.45) is 5.92 Å². The molecule has 2 aliphatic rings. The second kappa shape index (κ2) is 4.90. The summed E-state index contributed by atoms with van der Waals surface area (Å²) in [4.78, 5) is 12.4. The van der Waals surface area contributed by atoms with Crippen molar-refractivity contribution in [3.05, 3.63) is 35.4 Å². The van der Waals surface area contributed by atoms with E-state index in [0.717, 1.165) is 18.4 Å². The first-order valence-electron chi connectivity index (χ1n) is 7.69. The highest BCUT2D eigenvalue weighted by Crippen LogP contribution is 2.52. The van der Waals surface area contributed by atoms with Crippen LogP contribution in [0.25, 0.3) is 0 Å². The average molecular weight is 286 g/mol. The number of phenols is 1. The fourth-order valence-corrected chi connectivity index (χ4v) is 3.74. The van der Waals surface area contributed by atoms with E-state index in [1.54, 1.807) is 12.1 Å². The number of carbonyl (C=O) groups excluding carboxylic acids is 1. The molecule has 21 heavy (non-hydrogen) atoms. The number of ketones is 1. The molecule has 0 saturated heterocycles. The molecule has 3 nitrogen and oxygen atoms in total. The Morgan fingerprint density at radius 2 is 2.19 bits per heavy atom. The Kier molecular flexibility index (Phi) is 3.31. The number of fused-ring (bicyclic) bond motifs is 3. The lowest BCUT2D eigenvalue weighted by Crippen LogP contribution is -2.42. The Labute approximate surface area is 125 Å². The van der Waals surface area contributed by atoms with Gasteiger partial charge >= 0.3 is 0 Å². The Morgan fingerprint density at radius 3 is 2.90 bits per heavy atom. The molecule has 1 aromatic carbocycles. The van der Waals surface area contributed by atoms with E-state index < -0.39 is 5.60 Å². The van der Waals surface area contributed by atoms with Crippen LogP contribution in [0.3, 0.4) is 0 Å². The van der Waals surface area contributed by atoms with Gasteiger partial charge in [-0.1, -0.05) is 19.1 Å². The van der Waals surface area contributed by atoms with Gasteiger partial charge in [0, 0.05) is 29.9 Å². The van der Waals surface area contributed by atoms with Gasteiger partial charge in [-0.15, -0.1) is 0 Å². The van der Waals surface area contributed by atoms with Crippen molar-refractivity contribution < 1.29 is 14.6 Å². The molecule has 0 spiro atoms. The van der Waals surface area contributed by atoms with Gasteiger partial charge in [0.05, 0.1) is 0 Å². The zero-order valence-corrected chi connectivity index (χ0v) is 12.8. The van der Waals surface area contributed by atoms with E-state index in [9.17, 15) is 9.90 Å². The average Bonchev–Trinajstić information content (AvgIpc) is 2.45. The molecule has 112 valence electrons. The number of benzene rings is 1. The fourth-order valence-electron chi connectivity index (χ4n) is 3.74. The van der Waals surface area contributed by atoms with Gasteiger partial charge in [0.25, 0.3) is 0 Å². The van der Waals surface area contributed by atoms with E-state index in [0.29, 0.717) is 18.0 Å². The third kappa shape index (κ3) is 2.25. The number of hydrogen-bond acceptors (Lipinski definition) is 3. The van der Waals surface area contributed by atoms with Crippen LogP contribution in [0.4, 0.5) is 0 Å². The molecule has 3 heteroatoms. The Hall–Kier alpha value is -1.77. The lowest BCUT2D eigenvalue weighted by Gasteiger charge is -2.45. The van der Waals surface area contributed by atoms with Gasteiger partial charge in [0.15, 0.2) is 0 Å². The minimum Gasteiger partial charge on any atom is -0.508 e. The number of Topliss-reactive ketones (excluding diaryl/α,β-unsaturated/α-hetero) is 1. The first-order valence-corrected chi connectivity index (χ1v) is 7.69. The molecule has 0 aromatic heterocycles. The van der Waals surface area contributed by atoms with Crippen molar-refractivity contribution >= 4 is 5.78 Å².